The zero-order valence-corrected chi connectivity index (χ0v) is 10.6. The van der Waals surface area contributed by atoms with Gasteiger partial charge < -0.3 is 9.72 Å². The number of methoxy groups -OCH3 is 1. The minimum Gasteiger partial charge on any atom is -0.384 e. The molecule has 1 N–H and O–H groups in total. The molecule has 0 aliphatic rings. The van der Waals surface area contributed by atoms with Gasteiger partial charge in [-0.3, -0.25) is 4.68 Å². The summed E-state index contributed by atoms with van der Waals surface area (Å²) in [6.07, 6.45) is 4.44. The van der Waals surface area contributed by atoms with Crippen LogP contribution in [0, 0.1) is 4.64 Å². The van der Waals surface area contributed by atoms with Crippen molar-refractivity contribution in [1.82, 2.24) is 19.7 Å². The van der Waals surface area contributed by atoms with Crippen LogP contribution >= 0.6 is 12.2 Å². The average Bonchev–Trinajstić information content (AvgIpc) is 2.72. The zero-order valence-electron chi connectivity index (χ0n) is 9.80. The minimum absolute atomic E-state index is 0.578. The van der Waals surface area contributed by atoms with Crippen molar-refractivity contribution < 1.29 is 4.74 Å². The maximum atomic E-state index is 5.15. The quantitative estimate of drug-likeness (QED) is 0.840. The maximum Gasteiger partial charge on any atom is 0.130 e. The molecule has 5 nitrogen and oxygen atoms in total. The van der Waals surface area contributed by atoms with Crippen molar-refractivity contribution in [3.8, 4) is 11.3 Å². The van der Waals surface area contributed by atoms with Gasteiger partial charge in [0.15, 0.2) is 0 Å². The van der Waals surface area contributed by atoms with Gasteiger partial charge in [0, 0.05) is 32.3 Å². The Morgan fingerprint density at radius 2 is 2.35 bits per heavy atom. The van der Waals surface area contributed by atoms with E-state index in [2.05, 4.69) is 15.1 Å². The second-order valence-corrected chi connectivity index (χ2v) is 4.14. The summed E-state index contributed by atoms with van der Waals surface area (Å²) >= 11 is 5.15. The molecular formula is C11H14N4OS. The van der Waals surface area contributed by atoms with Crippen molar-refractivity contribution in [2.45, 2.75) is 6.42 Å². The van der Waals surface area contributed by atoms with Gasteiger partial charge in [-0.05, 0) is 6.07 Å². The molecule has 6 heteroatoms. The lowest BCUT2D eigenvalue weighted by Gasteiger charge is -2.03. The fraction of sp³-hybridized carbons (Fsp3) is 0.364. The summed E-state index contributed by atoms with van der Waals surface area (Å²) in [6.45, 7) is 0.620. The topological polar surface area (TPSA) is 55.7 Å². The van der Waals surface area contributed by atoms with Crippen LogP contribution in [0.25, 0.3) is 11.3 Å². The largest absolute Gasteiger partial charge is 0.384 e. The van der Waals surface area contributed by atoms with E-state index in [4.69, 9.17) is 17.0 Å². The lowest BCUT2D eigenvalue weighted by atomic mass is 10.2. The summed E-state index contributed by atoms with van der Waals surface area (Å²) in [4.78, 5) is 7.49. The number of aryl methyl sites for hydroxylation is 1. The Morgan fingerprint density at radius 3 is 3.00 bits per heavy atom. The molecule has 2 heterocycles. The first-order valence-corrected chi connectivity index (χ1v) is 5.68. The summed E-state index contributed by atoms with van der Waals surface area (Å²) in [6, 6.07) is 1.84. The molecule has 0 unspecified atom stereocenters. The molecule has 2 rings (SSSR count). The van der Waals surface area contributed by atoms with E-state index in [1.165, 1.54) is 0 Å². The Balaban J connectivity index is 2.34. The number of nitrogens with one attached hydrogen (secondary N) is 1. The van der Waals surface area contributed by atoms with Gasteiger partial charge in [-0.15, -0.1) is 0 Å². The second-order valence-electron chi connectivity index (χ2n) is 3.73. The smallest absolute Gasteiger partial charge is 0.130 e. The van der Waals surface area contributed by atoms with Crippen LogP contribution in [-0.2, 0) is 18.2 Å². The van der Waals surface area contributed by atoms with Crippen LogP contribution in [-0.4, -0.2) is 33.5 Å². The molecule has 0 aliphatic carbocycles. The fourth-order valence-electron chi connectivity index (χ4n) is 1.54. The van der Waals surface area contributed by atoms with Gasteiger partial charge >= 0.3 is 0 Å². The van der Waals surface area contributed by atoms with Crippen molar-refractivity contribution in [2.75, 3.05) is 13.7 Å². The first-order valence-electron chi connectivity index (χ1n) is 5.27. The highest BCUT2D eigenvalue weighted by molar-refractivity contribution is 7.71. The summed E-state index contributed by atoms with van der Waals surface area (Å²) in [5.74, 6) is 0.832. The highest BCUT2D eigenvalue weighted by Crippen LogP contribution is 2.15. The van der Waals surface area contributed by atoms with Gasteiger partial charge in [0.25, 0.3) is 0 Å². The van der Waals surface area contributed by atoms with Gasteiger partial charge in [0.05, 0.1) is 18.5 Å². The van der Waals surface area contributed by atoms with Crippen molar-refractivity contribution in [1.29, 1.82) is 0 Å². The summed E-state index contributed by atoms with van der Waals surface area (Å²) in [5, 5.41) is 4.13. The number of ether oxygens (including phenoxy) is 1. The molecule has 0 saturated heterocycles. The van der Waals surface area contributed by atoms with Crippen LogP contribution in [0.4, 0.5) is 0 Å². The van der Waals surface area contributed by atoms with Crippen molar-refractivity contribution in [3.05, 3.63) is 28.9 Å². The molecule has 0 atom stereocenters. The van der Waals surface area contributed by atoms with E-state index < -0.39 is 0 Å². The molecule has 0 saturated carbocycles. The molecule has 0 amide bonds. The molecule has 17 heavy (non-hydrogen) atoms. The Hall–Kier alpha value is -1.53. The Kier molecular flexibility index (Phi) is 3.65. The summed E-state index contributed by atoms with van der Waals surface area (Å²) < 4.78 is 7.35. The van der Waals surface area contributed by atoms with Gasteiger partial charge in [-0.2, -0.15) is 5.10 Å². The van der Waals surface area contributed by atoms with E-state index in [0.717, 1.165) is 17.1 Å². The zero-order chi connectivity index (χ0) is 12.3. The van der Waals surface area contributed by atoms with Crippen LogP contribution in [0.15, 0.2) is 18.5 Å². The molecule has 2 aromatic rings. The van der Waals surface area contributed by atoms with Crippen LogP contribution in [0.3, 0.4) is 0 Å². The monoisotopic (exact) mass is 250 g/mol. The Bertz CT molecular complexity index is 561. The first kappa shape index (κ1) is 11.9. The van der Waals surface area contributed by atoms with Gasteiger partial charge in [0.1, 0.15) is 10.5 Å². The SMILES string of the molecule is COCCc1nc(=S)cc(-c2cnn(C)c2)[nH]1. The van der Waals surface area contributed by atoms with E-state index in [9.17, 15) is 0 Å². The molecule has 0 aromatic carbocycles. The number of aromatic amines is 1. The third kappa shape index (κ3) is 2.98. The van der Waals surface area contributed by atoms with E-state index >= 15 is 0 Å². The van der Waals surface area contributed by atoms with E-state index in [1.807, 2.05) is 19.3 Å². The van der Waals surface area contributed by atoms with Crippen LogP contribution in [0.5, 0.6) is 0 Å². The van der Waals surface area contributed by atoms with Crippen LogP contribution < -0.4 is 0 Å². The van der Waals surface area contributed by atoms with Gasteiger partial charge in [0.2, 0.25) is 0 Å². The van der Waals surface area contributed by atoms with E-state index in [0.29, 0.717) is 17.7 Å². The van der Waals surface area contributed by atoms with Crippen LogP contribution in [0.1, 0.15) is 5.82 Å². The predicted molar refractivity (Wildman–Crippen MR) is 67.2 cm³/mol. The predicted octanol–water partition coefficient (Wildman–Crippen LogP) is 1.73. The molecule has 0 radical (unpaired) electrons. The maximum absolute atomic E-state index is 5.15. The molecule has 0 aliphatic heterocycles. The summed E-state index contributed by atoms with van der Waals surface area (Å²) in [5.41, 5.74) is 1.93. The minimum atomic E-state index is 0.578. The van der Waals surface area contributed by atoms with Gasteiger partial charge in [-0.25, -0.2) is 4.98 Å². The van der Waals surface area contributed by atoms with Crippen molar-refractivity contribution in [3.63, 3.8) is 0 Å². The molecule has 0 fully saturated rings. The number of nitrogens with zero attached hydrogens (tertiary/aromatic N) is 3. The lowest BCUT2D eigenvalue weighted by molar-refractivity contribution is 0.200. The summed E-state index contributed by atoms with van der Waals surface area (Å²) in [7, 11) is 3.55. The molecule has 2 aromatic heterocycles. The van der Waals surface area contributed by atoms with Crippen molar-refractivity contribution >= 4 is 12.2 Å². The molecule has 0 bridgehead atoms. The lowest BCUT2D eigenvalue weighted by Crippen LogP contribution is -2.01. The number of hydrogen-bond donors (Lipinski definition) is 1. The third-order valence-electron chi connectivity index (χ3n) is 2.35. The van der Waals surface area contributed by atoms with Crippen molar-refractivity contribution in [2.24, 2.45) is 7.05 Å². The standard InChI is InChI=1S/C11H14N4OS/c1-15-7-8(6-12-15)9-5-11(17)14-10(13-9)3-4-16-2/h5-7H,3-4H2,1-2H3,(H,13,14,17). The molecule has 90 valence electrons. The number of rotatable bonds is 4. The first-order chi connectivity index (χ1) is 8.19. The van der Waals surface area contributed by atoms with E-state index in [1.54, 1.807) is 18.0 Å². The Labute approximate surface area is 104 Å². The molecular weight excluding hydrogens is 236 g/mol. The van der Waals surface area contributed by atoms with Crippen LogP contribution in [0.2, 0.25) is 0 Å². The highest BCUT2D eigenvalue weighted by atomic mass is 32.1. The normalized spacial score (nSPS) is 10.7. The average molecular weight is 250 g/mol. The number of hydrogen-bond acceptors (Lipinski definition) is 4. The number of aromatic nitrogens is 4. The second kappa shape index (κ2) is 5.20. The fourth-order valence-corrected chi connectivity index (χ4v) is 1.77. The third-order valence-corrected chi connectivity index (χ3v) is 2.56. The Morgan fingerprint density at radius 1 is 1.53 bits per heavy atom. The van der Waals surface area contributed by atoms with E-state index in [-0.39, 0.29) is 0 Å². The van der Waals surface area contributed by atoms with Gasteiger partial charge in [-0.1, -0.05) is 12.2 Å². The highest BCUT2D eigenvalue weighted by Gasteiger charge is 2.03. The number of H-pyrrole nitrogens is 1. The molecule has 0 spiro atoms.